The molecule has 2 aromatic rings. The van der Waals surface area contributed by atoms with E-state index in [0.717, 1.165) is 37.8 Å². The highest BCUT2D eigenvalue weighted by molar-refractivity contribution is 7.92. The number of carbonyl (C=O) groups is 1. The van der Waals surface area contributed by atoms with Gasteiger partial charge < -0.3 is 10.1 Å². The average Bonchev–Trinajstić information content (AvgIpc) is 3.20. The normalized spacial score (nSPS) is 17.1. The van der Waals surface area contributed by atoms with Crippen LogP contribution in [0, 0.1) is 5.82 Å². The van der Waals surface area contributed by atoms with Crippen molar-refractivity contribution in [3.63, 3.8) is 0 Å². The van der Waals surface area contributed by atoms with Crippen molar-refractivity contribution < 1.29 is 22.3 Å². The molecule has 0 atom stereocenters. The summed E-state index contributed by atoms with van der Waals surface area (Å²) in [4.78, 5) is 12.6. The lowest BCUT2D eigenvalue weighted by molar-refractivity contribution is 0.0938. The predicted molar refractivity (Wildman–Crippen MR) is 103 cm³/mol. The monoisotopic (exact) mass is 404 g/mol. The molecule has 8 heteroatoms. The molecule has 0 aromatic heterocycles. The van der Waals surface area contributed by atoms with Gasteiger partial charge >= 0.3 is 0 Å². The van der Waals surface area contributed by atoms with Crippen LogP contribution in [0.5, 0.6) is 5.75 Å². The molecule has 2 aromatic carbocycles. The largest absolute Gasteiger partial charge is 0.489 e. The van der Waals surface area contributed by atoms with E-state index in [1.165, 1.54) is 16.4 Å². The number of anilines is 1. The molecule has 1 fully saturated rings. The standard InChI is InChI=1S/C20H21FN2O4S/c21-15-6-8-17(9-7-15)28(25,26)23-11-12-27-19-10-5-14(13-18(19)23)20(24)22-16-3-1-2-4-16/h5-10,13,16H,1-4,11-12H2,(H,22,24). The summed E-state index contributed by atoms with van der Waals surface area (Å²) in [6.45, 7) is 0.307. The number of carbonyl (C=O) groups excluding carboxylic acids is 1. The van der Waals surface area contributed by atoms with Crippen LogP contribution < -0.4 is 14.4 Å². The predicted octanol–water partition coefficient (Wildman–Crippen LogP) is 3.09. The summed E-state index contributed by atoms with van der Waals surface area (Å²) in [7, 11) is -3.90. The van der Waals surface area contributed by atoms with Gasteiger partial charge in [-0.05, 0) is 55.3 Å². The maximum absolute atomic E-state index is 13.2. The Hall–Kier alpha value is -2.61. The van der Waals surface area contributed by atoms with Crippen LogP contribution >= 0.6 is 0 Å². The van der Waals surface area contributed by atoms with Crippen LogP contribution in [0.2, 0.25) is 0 Å². The molecule has 2 aliphatic rings. The van der Waals surface area contributed by atoms with Gasteiger partial charge in [0, 0.05) is 11.6 Å². The zero-order valence-electron chi connectivity index (χ0n) is 15.2. The summed E-state index contributed by atoms with van der Waals surface area (Å²) in [6, 6.07) is 9.65. The van der Waals surface area contributed by atoms with Gasteiger partial charge in [-0.15, -0.1) is 0 Å². The molecular weight excluding hydrogens is 383 g/mol. The fourth-order valence-electron chi connectivity index (χ4n) is 3.66. The van der Waals surface area contributed by atoms with E-state index in [2.05, 4.69) is 5.32 Å². The van der Waals surface area contributed by atoms with Crippen molar-refractivity contribution in [2.45, 2.75) is 36.6 Å². The van der Waals surface area contributed by atoms with Gasteiger partial charge in [-0.2, -0.15) is 0 Å². The van der Waals surface area contributed by atoms with Crippen LogP contribution in [-0.4, -0.2) is 33.5 Å². The molecule has 1 saturated carbocycles. The Morgan fingerprint density at radius 3 is 2.54 bits per heavy atom. The third kappa shape index (κ3) is 3.56. The van der Waals surface area contributed by atoms with Crippen LogP contribution in [0.3, 0.4) is 0 Å². The Labute approximate surface area is 163 Å². The van der Waals surface area contributed by atoms with Crippen LogP contribution in [0.15, 0.2) is 47.4 Å². The average molecular weight is 404 g/mol. The first-order valence-corrected chi connectivity index (χ1v) is 10.8. The number of nitrogens with zero attached hydrogens (tertiary/aromatic N) is 1. The molecule has 4 rings (SSSR count). The van der Waals surface area contributed by atoms with Crippen LogP contribution in [0.25, 0.3) is 0 Å². The molecule has 1 amide bonds. The number of rotatable bonds is 4. The number of fused-ring (bicyclic) bond motifs is 1. The molecule has 0 spiro atoms. The second-order valence-electron chi connectivity index (χ2n) is 7.02. The van der Waals surface area contributed by atoms with E-state index < -0.39 is 15.8 Å². The van der Waals surface area contributed by atoms with Gasteiger partial charge in [0.25, 0.3) is 15.9 Å². The zero-order chi connectivity index (χ0) is 19.7. The SMILES string of the molecule is O=C(NC1CCCC1)c1ccc2c(c1)N(S(=O)(=O)c1ccc(F)cc1)CCO2. The van der Waals surface area contributed by atoms with Crippen molar-refractivity contribution in [1.82, 2.24) is 5.32 Å². The van der Waals surface area contributed by atoms with Crippen LogP contribution in [0.1, 0.15) is 36.0 Å². The first-order valence-electron chi connectivity index (χ1n) is 9.31. The number of ether oxygens (including phenoxy) is 1. The Balaban J connectivity index is 1.66. The number of hydrogen-bond donors (Lipinski definition) is 1. The highest BCUT2D eigenvalue weighted by Crippen LogP contribution is 2.36. The number of nitrogens with one attached hydrogen (secondary N) is 1. The van der Waals surface area contributed by atoms with Crippen molar-refractivity contribution in [3.05, 3.63) is 53.8 Å². The molecule has 1 aliphatic carbocycles. The molecule has 6 nitrogen and oxygen atoms in total. The van der Waals surface area contributed by atoms with Gasteiger partial charge in [0.15, 0.2) is 0 Å². The minimum absolute atomic E-state index is 0.0115. The Bertz CT molecular complexity index is 986. The van der Waals surface area contributed by atoms with E-state index in [-0.39, 0.29) is 30.0 Å². The van der Waals surface area contributed by atoms with E-state index in [1.807, 2.05) is 0 Å². The molecule has 0 saturated heterocycles. The van der Waals surface area contributed by atoms with E-state index >= 15 is 0 Å². The lowest BCUT2D eigenvalue weighted by atomic mass is 10.1. The van der Waals surface area contributed by atoms with E-state index in [0.29, 0.717) is 17.0 Å². The molecule has 1 heterocycles. The Morgan fingerprint density at radius 2 is 1.82 bits per heavy atom. The van der Waals surface area contributed by atoms with Crippen molar-refractivity contribution in [2.75, 3.05) is 17.5 Å². The number of amides is 1. The molecule has 148 valence electrons. The van der Waals surface area contributed by atoms with Gasteiger partial charge in [-0.1, -0.05) is 12.8 Å². The van der Waals surface area contributed by atoms with E-state index in [4.69, 9.17) is 4.74 Å². The Morgan fingerprint density at radius 1 is 1.11 bits per heavy atom. The topological polar surface area (TPSA) is 75.7 Å². The lowest BCUT2D eigenvalue weighted by Crippen LogP contribution is -2.38. The number of benzene rings is 2. The highest BCUT2D eigenvalue weighted by atomic mass is 32.2. The molecular formula is C20H21FN2O4S. The summed E-state index contributed by atoms with van der Waals surface area (Å²) in [5, 5.41) is 3.00. The third-order valence-corrected chi connectivity index (χ3v) is 6.96. The zero-order valence-corrected chi connectivity index (χ0v) is 16.0. The summed E-state index contributed by atoms with van der Waals surface area (Å²) >= 11 is 0. The maximum Gasteiger partial charge on any atom is 0.264 e. The van der Waals surface area contributed by atoms with Crippen LogP contribution in [0.4, 0.5) is 10.1 Å². The molecule has 0 radical (unpaired) electrons. The number of hydrogen-bond acceptors (Lipinski definition) is 4. The molecule has 1 aliphatic heterocycles. The molecule has 0 bridgehead atoms. The molecule has 0 unspecified atom stereocenters. The fourth-order valence-corrected chi connectivity index (χ4v) is 5.11. The first kappa shape index (κ1) is 18.7. The van der Waals surface area contributed by atoms with Gasteiger partial charge in [0.05, 0.1) is 17.1 Å². The third-order valence-electron chi connectivity index (χ3n) is 5.13. The van der Waals surface area contributed by atoms with Crippen molar-refractivity contribution in [2.24, 2.45) is 0 Å². The summed E-state index contributed by atoms with van der Waals surface area (Å²) in [6.07, 6.45) is 4.13. The number of sulfonamides is 1. The van der Waals surface area contributed by atoms with Gasteiger partial charge in [-0.3, -0.25) is 9.10 Å². The van der Waals surface area contributed by atoms with Crippen molar-refractivity contribution in [1.29, 1.82) is 0 Å². The second-order valence-corrected chi connectivity index (χ2v) is 8.88. The van der Waals surface area contributed by atoms with Gasteiger partial charge in [0.2, 0.25) is 0 Å². The first-order chi connectivity index (χ1) is 13.4. The number of halogens is 1. The summed E-state index contributed by atoms with van der Waals surface area (Å²) in [5.41, 5.74) is 0.699. The molecule has 1 N–H and O–H groups in total. The summed E-state index contributed by atoms with van der Waals surface area (Å²) < 4.78 is 46.1. The second kappa shape index (κ2) is 7.43. The quantitative estimate of drug-likeness (QED) is 0.850. The van der Waals surface area contributed by atoms with Gasteiger partial charge in [-0.25, -0.2) is 12.8 Å². The van der Waals surface area contributed by atoms with Crippen molar-refractivity contribution >= 4 is 21.6 Å². The Kier molecular flexibility index (Phi) is 4.97. The van der Waals surface area contributed by atoms with E-state index in [1.54, 1.807) is 18.2 Å². The minimum atomic E-state index is -3.90. The van der Waals surface area contributed by atoms with Crippen LogP contribution in [-0.2, 0) is 10.0 Å². The smallest absolute Gasteiger partial charge is 0.264 e. The van der Waals surface area contributed by atoms with E-state index in [9.17, 15) is 17.6 Å². The maximum atomic E-state index is 13.2. The summed E-state index contributed by atoms with van der Waals surface area (Å²) in [5.74, 6) is -0.332. The lowest BCUT2D eigenvalue weighted by Gasteiger charge is -2.30. The van der Waals surface area contributed by atoms with Crippen molar-refractivity contribution in [3.8, 4) is 5.75 Å². The minimum Gasteiger partial charge on any atom is -0.489 e. The fraction of sp³-hybridized carbons (Fsp3) is 0.350. The molecule has 28 heavy (non-hydrogen) atoms. The highest BCUT2D eigenvalue weighted by Gasteiger charge is 2.31. The van der Waals surface area contributed by atoms with Gasteiger partial charge in [0.1, 0.15) is 18.2 Å².